The Kier molecular flexibility index (Phi) is 6.91. The maximum atomic E-state index is 12.4. The zero-order valence-electron chi connectivity index (χ0n) is 16.8. The number of carbonyl (C=O) groups excluding carboxylic acids is 1. The minimum absolute atomic E-state index is 0.0154. The Labute approximate surface area is 177 Å². The molecule has 1 amide bonds. The molecule has 2 aromatic rings. The van der Waals surface area contributed by atoms with Gasteiger partial charge in [0, 0.05) is 51.2 Å². The number of piperazine rings is 1. The van der Waals surface area contributed by atoms with E-state index in [1.807, 2.05) is 49.7 Å². The minimum Gasteiger partial charge on any atom is -0.368 e. The minimum atomic E-state index is 0.0154. The number of carbonyl (C=O) groups is 1. The molecule has 1 N–H and O–H groups in total. The standard InChI is InChI=1S/C21H28Cl2N4O/c1-15-14-17(16(2)25(15)3)21(28)24-8-5-9-26-10-12-27(13-11-26)19-7-4-6-18(22)20(19)23/h4,6-7,14H,5,8-13H2,1-3H3,(H,24,28). The molecule has 2 heterocycles. The summed E-state index contributed by atoms with van der Waals surface area (Å²) >= 11 is 12.5. The largest absolute Gasteiger partial charge is 0.368 e. The number of rotatable bonds is 6. The summed E-state index contributed by atoms with van der Waals surface area (Å²) in [6.07, 6.45) is 0.939. The topological polar surface area (TPSA) is 40.5 Å². The predicted octanol–water partition coefficient (Wildman–Crippen LogP) is 3.89. The molecule has 152 valence electrons. The van der Waals surface area contributed by atoms with Gasteiger partial charge in [-0.3, -0.25) is 9.69 Å². The van der Waals surface area contributed by atoms with Crippen molar-refractivity contribution < 1.29 is 4.79 Å². The third-order valence-electron chi connectivity index (χ3n) is 5.60. The normalized spacial score (nSPS) is 15.1. The highest BCUT2D eigenvalue weighted by Crippen LogP contribution is 2.32. The van der Waals surface area contributed by atoms with Crippen LogP contribution in [0.5, 0.6) is 0 Å². The summed E-state index contributed by atoms with van der Waals surface area (Å²) < 4.78 is 2.04. The van der Waals surface area contributed by atoms with E-state index < -0.39 is 0 Å². The summed E-state index contributed by atoms with van der Waals surface area (Å²) in [5.41, 5.74) is 3.88. The van der Waals surface area contributed by atoms with Crippen molar-refractivity contribution in [1.82, 2.24) is 14.8 Å². The zero-order chi connectivity index (χ0) is 20.3. The van der Waals surface area contributed by atoms with Crippen molar-refractivity contribution >= 4 is 34.8 Å². The van der Waals surface area contributed by atoms with Crippen LogP contribution in [-0.2, 0) is 7.05 Å². The van der Waals surface area contributed by atoms with Crippen LogP contribution in [0.2, 0.25) is 10.0 Å². The predicted molar refractivity (Wildman–Crippen MR) is 117 cm³/mol. The zero-order valence-corrected chi connectivity index (χ0v) is 18.3. The van der Waals surface area contributed by atoms with E-state index in [0.717, 1.165) is 61.8 Å². The van der Waals surface area contributed by atoms with Crippen molar-refractivity contribution in [1.29, 1.82) is 0 Å². The fourth-order valence-electron chi connectivity index (χ4n) is 3.63. The Balaban J connectivity index is 1.40. The fraction of sp³-hybridized carbons (Fsp3) is 0.476. The molecule has 5 nitrogen and oxygen atoms in total. The summed E-state index contributed by atoms with van der Waals surface area (Å²) in [5, 5.41) is 4.28. The molecule has 7 heteroatoms. The molecule has 0 unspecified atom stereocenters. The number of aryl methyl sites for hydroxylation is 1. The van der Waals surface area contributed by atoms with Crippen LogP contribution in [0, 0.1) is 13.8 Å². The van der Waals surface area contributed by atoms with Crippen LogP contribution >= 0.6 is 23.2 Å². The van der Waals surface area contributed by atoms with Crippen LogP contribution in [0.3, 0.4) is 0 Å². The first-order valence-electron chi connectivity index (χ1n) is 9.71. The van der Waals surface area contributed by atoms with Crippen molar-refractivity contribution in [2.75, 3.05) is 44.2 Å². The van der Waals surface area contributed by atoms with E-state index in [-0.39, 0.29) is 5.91 Å². The van der Waals surface area contributed by atoms with E-state index in [0.29, 0.717) is 16.6 Å². The SMILES string of the molecule is Cc1cc(C(=O)NCCCN2CCN(c3cccc(Cl)c3Cl)CC2)c(C)n1C. The Morgan fingerprint density at radius 1 is 1.14 bits per heavy atom. The second kappa shape index (κ2) is 9.21. The lowest BCUT2D eigenvalue weighted by molar-refractivity contribution is 0.0950. The first kappa shape index (κ1) is 21.0. The molecule has 1 saturated heterocycles. The molecule has 0 atom stereocenters. The molecule has 0 aliphatic carbocycles. The van der Waals surface area contributed by atoms with E-state index >= 15 is 0 Å². The average Bonchev–Trinajstić information content (AvgIpc) is 2.95. The Morgan fingerprint density at radius 2 is 1.86 bits per heavy atom. The number of halogens is 2. The van der Waals surface area contributed by atoms with Crippen LogP contribution in [0.25, 0.3) is 0 Å². The number of nitrogens with zero attached hydrogens (tertiary/aromatic N) is 3. The average molecular weight is 423 g/mol. The van der Waals surface area contributed by atoms with Crippen LogP contribution in [0.15, 0.2) is 24.3 Å². The fourth-order valence-corrected chi connectivity index (χ4v) is 4.05. The van der Waals surface area contributed by atoms with Crippen LogP contribution in [0.4, 0.5) is 5.69 Å². The lowest BCUT2D eigenvalue weighted by atomic mass is 10.2. The molecular weight excluding hydrogens is 395 g/mol. The summed E-state index contributed by atoms with van der Waals surface area (Å²) in [4.78, 5) is 17.1. The van der Waals surface area contributed by atoms with Crippen molar-refractivity contribution in [3.05, 3.63) is 51.3 Å². The second-order valence-electron chi connectivity index (χ2n) is 7.35. The monoisotopic (exact) mass is 422 g/mol. The van der Waals surface area contributed by atoms with Gasteiger partial charge in [0.05, 0.1) is 21.3 Å². The summed E-state index contributed by atoms with van der Waals surface area (Å²) in [5.74, 6) is 0.0154. The van der Waals surface area contributed by atoms with Gasteiger partial charge in [-0.1, -0.05) is 29.3 Å². The number of aromatic nitrogens is 1. The van der Waals surface area contributed by atoms with E-state index in [2.05, 4.69) is 15.1 Å². The molecule has 0 bridgehead atoms. The van der Waals surface area contributed by atoms with Gasteiger partial charge >= 0.3 is 0 Å². The highest BCUT2D eigenvalue weighted by Gasteiger charge is 2.19. The van der Waals surface area contributed by atoms with Crippen LogP contribution in [0.1, 0.15) is 28.2 Å². The van der Waals surface area contributed by atoms with Gasteiger partial charge in [-0.2, -0.15) is 0 Å². The molecule has 0 spiro atoms. The van der Waals surface area contributed by atoms with E-state index in [1.54, 1.807) is 0 Å². The first-order valence-corrected chi connectivity index (χ1v) is 10.5. The van der Waals surface area contributed by atoms with Gasteiger partial charge in [-0.05, 0) is 45.0 Å². The molecule has 0 radical (unpaired) electrons. The number of hydrogen-bond acceptors (Lipinski definition) is 3. The van der Waals surface area contributed by atoms with Gasteiger partial charge < -0.3 is 14.8 Å². The van der Waals surface area contributed by atoms with Crippen molar-refractivity contribution in [3.8, 4) is 0 Å². The third kappa shape index (κ3) is 4.65. The Bertz CT molecular complexity index is 841. The van der Waals surface area contributed by atoms with Crippen molar-refractivity contribution in [2.24, 2.45) is 7.05 Å². The molecule has 1 aliphatic rings. The number of nitrogens with one attached hydrogen (secondary N) is 1. The smallest absolute Gasteiger partial charge is 0.253 e. The maximum Gasteiger partial charge on any atom is 0.253 e. The van der Waals surface area contributed by atoms with Gasteiger partial charge in [-0.25, -0.2) is 0 Å². The highest BCUT2D eigenvalue weighted by molar-refractivity contribution is 6.43. The maximum absolute atomic E-state index is 12.4. The van der Waals surface area contributed by atoms with E-state index in [4.69, 9.17) is 23.2 Å². The number of benzene rings is 1. The van der Waals surface area contributed by atoms with Gasteiger partial charge in [0.1, 0.15) is 0 Å². The number of hydrogen-bond donors (Lipinski definition) is 1. The molecule has 28 heavy (non-hydrogen) atoms. The Morgan fingerprint density at radius 3 is 2.50 bits per heavy atom. The third-order valence-corrected chi connectivity index (χ3v) is 6.41. The van der Waals surface area contributed by atoms with E-state index in [1.165, 1.54) is 0 Å². The van der Waals surface area contributed by atoms with Gasteiger partial charge in [0.25, 0.3) is 5.91 Å². The molecule has 1 aromatic carbocycles. The van der Waals surface area contributed by atoms with Crippen molar-refractivity contribution in [3.63, 3.8) is 0 Å². The number of amides is 1. The summed E-state index contributed by atoms with van der Waals surface area (Å²) in [6.45, 7) is 9.47. The van der Waals surface area contributed by atoms with Gasteiger partial charge in [0.15, 0.2) is 0 Å². The molecular formula is C21H28Cl2N4O. The molecule has 1 fully saturated rings. The summed E-state index contributed by atoms with van der Waals surface area (Å²) in [7, 11) is 1.98. The quantitative estimate of drug-likeness (QED) is 0.717. The van der Waals surface area contributed by atoms with Crippen molar-refractivity contribution in [2.45, 2.75) is 20.3 Å². The molecule has 3 rings (SSSR count). The molecule has 0 saturated carbocycles. The first-order chi connectivity index (χ1) is 13.4. The lowest BCUT2D eigenvalue weighted by Crippen LogP contribution is -2.47. The van der Waals surface area contributed by atoms with Gasteiger partial charge in [-0.15, -0.1) is 0 Å². The molecule has 1 aliphatic heterocycles. The highest BCUT2D eigenvalue weighted by atomic mass is 35.5. The second-order valence-corrected chi connectivity index (χ2v) is 8.14. The van der Waals surface area contributed by atoms with Crippen LogP contribution in [-0.4, -0.2) is 54.6 Å². The molecule has 1 aromatic heterocycles. The van der Waals surface area contributed by atoms with Gasteiger partial charge in [0.2, 0.25) is 0 Å². The number of anilines is 1. The van der Waals surface area contributed by atoms with E-state index in [9.17, 15) is 4.79 Å². The van der Waals surface area contributed by atoms with Crippen LogP contribution < -0.4 is 10.2 Å². The summed E-state index contributed by atoms with van der Waals surface area (Å²) in [6, 6.07) is 7.72. The Hall–Kier alpha value is -1.69. The lowest BCUT2D eigenvalue weighted by Gasteiger charge is -2.36.